The van der Waals surface area contributed by atoms with Crippen LogP contribution in [0.1, 0.15) is 20.3 Å². The van der Waals surface area contributed by atoms with Crippen molar-refractivity contribution in [3.63, 3.8) is 0 Å². The number of benzene rings is 1. The smallest absolute Gasteiger partial charge is 0.322 e. The van der Waals surface area contributed by atoms with Gasteiger partial charge in [-0.15, -0.1) is 5.10 Å². The molecule has 0 aliphatic carbocycles. The van der Waals surface area contributed by atoms with Crippen LogP contribution in [0, 0.1) is 0 Å². The summed E-state index contributed by atoms with van der Waals surface area (Å²) in [7, 11) is 0. The SMILES string of the molecule is CCOc1ccccc1-c1nnc(NC(=O)CCNC(C)=O)o1. The van der Waals surface area contributed by atoms with Crippen LogP contribution in [0.25, 0.3) is 11.5 Å². The molecule has 0 fully saturated rings. The van der Waals surface area contributed by atoms with Gasteiger partial charge >= 0.3 is 6.01 Å². The molecule has 0 aliphatic rings. The monoisotopic (exact) mass is 318 g/mol. The Hall–Kier alpha value is -2.90. The van der Waals surface area contributed by atoms with Crippen LogP contribution in [-0.4, -0.2) is 35.2 Å². The summed E-state index contributed by atoms with van der Waals surface area (Å²) in [5, 5.41) is 12.7. The van der Waals surface area contributed by atoms with Crippen LogP contribution in [0.4, 0.5) is 6.01 Å². The molecule has 122 valence electrons. The van der Waals surface area contributed by atoms with E-state index in [0.717, 1.165) is 0 Å². The molecule has 0 aliphatic heterocycles. The highest BCUT2D eigenvalue weighted by Gasteiger charge is 2.14. The van der Waals surface area contributed by atoms with Crippen molar-refractivity contribution in [2.45, 2.75) is 20.3 Å². The molecule has 1 aromatic heterocycles. The number of para-hydroxylation sites is 1. The van der Waals surface area contributed by atoms with Crippen molar-refractivity contribution in [1.29, 1.82) is 0 Å². The summed E-state index contributed by atoms with van der Waals surface area (Å²) in [4.78, 5) is 22.4. The number of amides is 2. The Morgan fingerprint density at radius 1 is 1.26 bits per heavy atom. The van der Waals surface area contributed by atoms with Gasteiger partial charge in [0.15, 0.2) is 0 Å². The van der Waals surface area contributed by atoms with Crippen LogP contribution in [0.5, 0.6) is 5.75 Å². The molecule has 0 saturated heterocycles. The molecule has 8 heteroatoms. The average Bonchev–Trinajstić information content (AvgIpc) is 2.96. The van der Waals surface area contributed by atoms with Gasteiger partial charge in [0.25, 0.3) is 5.89 Å². The molecule has 8 nitrogen and oxygen atoms in total. The van der Waals surface area contributed by atoms with E-state index < -0.39 is 0 Å². The van der Waals surface area contributed by atoms with Gasteiger partial charge in [0.2, 0.25) is 11.8 Å². The van der Waals surface area contributed by atoms with E-state index in [2.05, 4.69) is 20.8 Å². The fraction of sp³-hybridized carbons (Fsp3) is 0.333. The standard InChI is InChI=1S/C15H18N4O4/c1-3-22-12-7-5-4-6-11(12)14-18-19-15(23-14)17-13(21)8-9-16-10(2)20/h4-7H,3,8-9H2,1-2H3,(H,16,20)(H,17,19,21). The Bertz CT molecular complexity index is 684. The number of nitrogens with one attached hydrogen (secondary N) is 2. The highest BCUT2D eigenvalue weighted by atomic mass is 16.5. The van der Waals surface area contributed by atoms with Crippen molar-refractivity contribution in [3.8, 4) is 17.2 Å². The summed E-state index contributed by atoms with van der Waals surface area (Å²) in [6.45, 7) is 4.02. The van der Waals surface area contributed by atoms with E-state index in [0.29, 0.717) is 17.9 Å². The van der Waals surface area contributed by atoms with Gasteiger partial charge in [0, 0.05) is 19.9 Å². The highest BCUT2D eigenvalue weighted by molar-refractivity contribution is 5.89. The second-order valence-corrected chi connectivity index (χ2v) is 4.62. The lowest BCUT2D eigenvalue weighted by Gasteiger charge is -2.06. The summed E-state index contributed by atoms with van der Waals surface area (Å²) in [5.41, 5.74) is 0.653. The van der Waals surface area contributed by atoms with E-state index in [1.165, 1.54) is 6.92 Å². The first-order valence-electron chi connectivity index (χ1n) is 7.20. The first-order valence-corrected chi connectivity index (χ1v) is 7.20. The number of carbonyl (C=O) groups is 2. The Morgan fingerprint density at radius 3 is 2.78 bits per heavy atom. The first kappa shape index (κ1) is 16.5. The highest BCUT2D eigenvalue weighted by Crippen LogP contribution is 2.29. The van der Waals surface area contributed by atoms with Crippen molar-refractivity contribution in [2.75, 3.05) is 18.5 Å². The number of hydrogen-bond donors (Lipinski definition) is 2. The van der Waals surface area contributed by atoms with E-state index in [4.69, 9.17) is 9.15 Å². The van der Waals surface area contributed by atoms with Gasteiger partial charge < -0.3 is 14.5 Å². The van der Waals surface area contributed by atoms with Crippen molar-refractivity contribution in [2.24, 2.45) is 0 Å². The van der Waals surface area contributed by atoms with Crippen molar-refractivity contribution in [1.82, 2.24) is 15.5 Å². The number of nitrogens with zero attached hydrogens (tertiary/aromatic N) is 2. The lowest BCUT2D eigenvalue weighted by molar-refractivity contribution is -0.119. The second kappa shape index (κ2) is 7.92. The Balaban J connectivity index is 2.01. The van der Waals surface area contributed by atoms with E-state index in [1.54, 1.807) is 12.1 Å². The van der Waals surface area contributed by atoms with Crippen LogP contribution in [0.3, 0.4) is 0 Å². The summed E-state index contributed by atoms with van der Waals surface area (Å²) < 4.78 is 10.9. The third-order valence-electron chi connectivity index (χ3n) is 2.81. The third-order valence-corrected chi connectivity index (χ3v) is 2.81. The zero-order chi connectivity index (χ0) is 16.7. The quantitative estimate of drug-likeness (QED) is 0.803. The van der Waals surface area contributed by atoms with Crippen LogP contribution < -0.4 is 15.4 Å². The van der Waals surface area contributed by atoms with Gasteiger partial charge in [0.05, 0.1) is 12.2 Å². The van der Waals surface area contributed by atoms with Crippen LogP contribution in [-0.2, 0) is 9.59 Å². The van der Waals surface area contributed by atoms with Crippen molar-refractivity contribution in [3.05, 3.63) is 24.3 Å². The summed E-state index contributed by atoms with van der Waals surface area (Å²) >= 11 is 0. The van der Waals surface area contributed by atoms with E-state index in [9.17, 15) is 9.59 Å². The maximum absolute atomic E-state index is 11.7. The van der Waals surface area contributed by atoms with Gasteiger partial charge in [0.1, 0.15) is 5.75 Å². The fourth-order valence-electron chi connectivity index (χ4n) is 1.84. The van der Waals surface area contributed by atoms with Gasteiger partial charge in [-0.1, -0.05) is 17.2 Å². The van der Waals surface area contributed by atoms with Gasteiger partial charge in [-0.2, -0.15) is 0 Å². The lowest BCUT2D eigenvalue weighted by Crippen LogP contribution is -2.25. The molecule has 0 atom stereocenters. The zero-order valence-electron chi connectivity index (χ0n) is 13.0. The summed E-state index contributed by atoms with van der Waals surface area (Å²) in [6, 6.07) is 7.26. The zero-order valence-corrected chi connectivity index (χ0v) is 13.0. The van der Waals surface area contributed by atoms with Crippen LogP contribution in [0.15, 0.2) is 28.7 Å². The fourth-order valence-corrected chi connectivity index (χ4v) is 1.84. The summed E-state index contributed by atoms with van der Waals surface area (Å²) in [5.74, 6) is 0.367. The van der Waals surface area contributed by atoms with Gasteiger partial charge in [-0.25, -0.2) is 0 Å². The molecule has 0 saturated carbocycles. The molecule has 0 bridgehead atoms. The lowest BCUT2D eigenvalue weighted by atomic mass is 10.2. The summed E-state index contributed by atoms with van der Waals surface area (Å²) in [6.07, 6.45) is 0.118. The molecular formula is C15H18N4O4. The third kappa shape index (κ3) is 4.80. The molecule has 0 unspecified atom stereocenters. The molecule has 23 heavy (non-hydrogen) atoms. The first-order chi connectivity index (χ1) is 11.1. The van der Waals surface area contributed by atoms with E-state index in [-0.39, 0.29) is 36.7 Å². The molecule has 2 amide bonds. The predicted octanol–water partition coefficient (Wildman–Crippen LogP) is 1.60. The number of hydrogen-bond acceptors (Lipinski definition) is 6. The average molecular weight is 318 g/mol. The normalized spacial score (nSPS) is 10.2. The largest absolute Gasteiger partial charge is 0.493 e. The molecule has 2 rings (SSSR count). The second-order valence-electron chi connectivity index (χ2n) is 4.62. The topological polar surface area (TPSA) is 106 Å². The van der Waals surface area contributed by atoms with Crippen molar-refractivity contribution < 1.29 is 18.7 Å². The number of ether oxygens (including phenoxy) is 1. The molecule has 2 aromatic rings. The Kier molecular flexibility index (Phi) is 5.67. The van der Waals surface area contributed by atoms with Crippen LogP contribution in [0.2, 0.25) is 0 Å². The van der Waals surface area contributed by atoms with Gasteiger partial charge in [-0.05, 0) is 19.1 Å². The van der Waals surface area contributed by atoms with E-state index in [1.807, 2.05) is 19.1 Å². The predicted molar refractivity (Wildman–Crippen MR) is 82.8 cm³/mol. The minimum Gasteiger partial charge on any atom is -0.493 e. The maximum Gasteiger partial charge on any atom is 0.322 e. The molecule has 1 aromatic carbocycles. The number of aromatic nitrogens is 2. The van der Waals surface area contributed by atoms with Crippen molar-refractivity contribution >= 4 is 17.8 Å². The van der Waals surface area contributed by atoms with Crippen LogP contribution >= 0.6 is 0 Å². The minimum atomic E-state index is -0.327. The van der Waals surface area contributed by atoms with Gasteiger partial charge in [-0.3, -0.25) is 14.9 Å². The van der Waals surface area contributed by atoms with E-state index >= 15 is 0 Å². The number of carbonyl (C=O) groups excluding carboxylic acids is 2. The minimum absolute atomic E-state index is 0.000809. The molecule has 0 radical (unpaired) electrons. The molecule has 1 heterocycles. The molecular weight excluding hydrogens is 300 g/mol. The molecule has 0 spiro atoms. The number of anilines is 1. The molecule has 2 N–H and O–H groups in total. The number of rotatable bonds is 7. The Labute approximate surface area is 133 Å². The Morgan fingerprint density at radius 2 is 2.04 bits per heavy atom. The maximum atomic E-state index is 11.7.